The van der Waals surface area contributed by atoms with E-state index in [0.29, 0.717) is 16.3 Å². The highest BCUT2D eigenvalue weighted by molar-refractivity contribution is 7.22. The number of pyridine rings is 1. The van der Waals surface area contributed by atoms with Gasteiger partial charge in [0, 0.05) is 23.4 Å². The molecule has 0 bridgehead atoms. The highest BCUT2D eigenvalue weighted by Crippen LogP contribution is 2.33. The third-order valence-corrected chi connectivity index (χ3v) is 4.00. The molecule has 3 aromatic heterocycles. The predicted molar refractivity (Wildman–Crippen MR) is 82.7 cm³/mol. The summed E-state index contributed by atoms with van der Waals surface area (Å²) in [5.74, 6) is -0.199. The van der Waals surface area contributed by atoms with Crippen LogP contribution in [-0.2, 0) is 5.41 Å². The number of carbonyl (C=O) groups excluding carboxylic acids is 1. The largest absolute Gasteiger partial charge is 0.298 e. The van der Waals surface area contributed by atoms with E-state index in [1.54, 1.807) is 24.5 Å². The zero-order valence-electron chi connectivity index (χ0n) is 12.0. The van der Waals surface area contributed by atoms with Crippen LogP contribution in [0.25, 0.3) is 10.3 Å². The maximum Gasteiger partial charge on any atom is 0.257 e. The fourth-order valence-corrected chi connectivity index (χ4v) is 3.05. The Hall–Kier alpha value is -2.28. The van der Waals surface area contributed by atoms with E-state index in [1.807, 2.05) is 0 Å². The molecular weight excluding hydrogens is 286 g/mol. The van der Waals surface area contributed by atoms with Crippen molar-refractivity contribution in [3.63, 3.8) is 0 Å². The maximum absolute atomic E-state index is 12.1. The summed E-state index contributed by atoms with van der Waals surface area (Å²) in [7, 11) is 0. The van der Waals surface area contributed by atoms with Crippen LogP contribution in [0.4, 0.5) is 5.13 Å². The van der Waals surface area contributed by atoms with E-state index >= 15 is 0 Å². The molecule has 3 rings (SSSR count). The van der Waals surface area contributed by atoms with Gasteiger partial charge in [0.05, 0.1) is 10.4 Å². The third-order valence-electron chi connectivity index (χ3n) is 3.02. The molecule has 0 aliphatic heterocycles. The zero-order chi connectivity index (χ0) is 15.0. The number of amides is 1. The lowest BCUT2D eigenvalue weighted by atomic mass is 9.92. The standard InChI is InChI=1S/C14H15N5OS/c1-14(2,3)10-9-11(19-18-10)16-13(21-9)17-12(20)8-4-6-15-7-5-8/h4-7H,1-3H3,(H2,16,17,18,19,20). The van der Waals surface area contributed by atoms with Gasteiger partial charge in [-0.1, -0.05) is 32.1 Å². The number of nitrogens with one attached hydrogen (secondary N) is 2. The summed E-state index contributed by atoms with van der Waals surface area (Å²) in [5.41, 5.74) is 2.16. The third kappa shape index (κ3) is 2.64. The number of fused-ring (bicyclic) bond motifs is 1. The van der Waals surface area contributed by atoms with Gasteiger partial charge in [0.15, 0.2) is 10.8 Å². The molecular formula is C14H15N5OS. The zero-order valence-corrected chi connectivity index (χ0v) is 12.8. The Morgan fingerprint density at radius 2 is 2.00 bits per heavy atom. The van der Waals surface area contributed by atoms with Crippen LogP contribution in [0.15, 0.2) is 24.5 Å². The van der Waals surface area contributed by atoms with Gasteiger partial charge in [0.1, 0.15) is 0 Å². The molecule has 0 fully saturated rings. The summed E-state index contributed by atoms with van der Waals surface area (Å²) >= 11 is 1.43. The fourth-order valence-electron chi connectivity index (χ4n) is 1.94. The second-order valence-electron chi connectivity index (χ2n) is 5.71. The van der Waals surface area contributed by atoms with Crippen LogP contribution in [0.1, 0.15) is 36.8 Å². The van der Waals surface area contributed by atoms with E-state index < -0.39 is 0 Å². The van der Waals surface area contributed by atoms with Crippen molar-refractivity contribution in [3.8, 4) is 0 Å². The summed E-state index contributed by atoms with van der Waals surface area (Å²) in [6.07, 6.45) is 3.17. The van der Waals surface area contributed by atoms with Crippen molar-refractivity contribution < 1.29 is 4.79 Å². The molecule has 0 radical (unpaired) electrons. The van der Waals surface area contributed by atoms with Gasteiger partial charge in [0.2, 0.25) is 0 Å². The van der Waals surface area contributed by atoms with E-state index in [1.165, 1.54) is 11.3 Å². The molecule has 0 atom stereocenters. The Kier molecular flexibility index (Phi) is 3.21. The second-order valence-corrected chi connectivity index (χ2v) is 6.71. The summed E-state index contributed by atoms with van der Waals surface area (Å²) in [4.78, 5) is 20.3. The molecule has 0 aliphatic carbocycles. The molecule has 0 saturated carbocycles. The van der Waals surface area contributed by atoms with Gasteiger partial charge in [0.25, 0.3) is 5.91 Å². The molecule has 3 heterocycles. The first-order valence-corrected chi connectivity index (χ1v) is 7.33. The van der Waals surface area contributed by atoms with E-state index in [2.05, 4.69) is 46.3 Å². The van der Waals surface area contributed by atoms with Crippen LogP contribution in [0.2, 0.25) is 0 Å². The first kappa shape index (κ1) is 13.7. The first-order chi connectivity index (χ1) is 9.95. The Bertz CT molecular complexity index is 785. The average molecular weight is 301 g/mol. The van der Waals surface area contributed by atoms with Crippen LogP contribution in [0.5, 0.6) is 0 Å². The van der Waals surface area contributed by atoms with Gasteiger partial charge in [-0.2, -0.15) is 10.1 Å². The average Bonchev–Trinajstić information content (AvgIpc) is 2.98. The number of anilines is 1. The second kappa shape index (κ2) is 4.92. The van der Waals surface area contributed by atoms with Crippen molar-refractivity contribution in [1.29, 1.82) is 0 Å². The number of thiazole rings is 1. The van der Waals surface area contributed by atoms with Crippen LogP contribution in [-0.4, -0.2) is 26.1 Å². The van der Waals surface area contributed by atoms with Crippen LogP contribution < -0.4 is 5.32 Å². The van der Waals surface area contributed by atoms with Crippen LogP contribution in [0.3, 0.4) is 0 Å². The van der Waals surface area contributed by atoms with Gasteiger partial charge in [-0.05, 0) is 12.1 Å². The molecule has 0 aromatic carbocycles. The molecule has 7 heteroatoms. The number of nitrogens with zero attached hydrogens (tertiary/aromatic N) is 3. The minimum Gasteiger partial charge on any atom is -0.298 e. The normalized spacial score (nSPS) is 11.8. The highest BCUT2D eigenvalue weighted by atomic mass is 32.1. The minimum absolute atomic E-state index is 0.0480. The molecule has 3 aromatic rings. The molecule has 2 N–H and O–H groups in total. The van der Waals surface area contributed by atoms with Gasteiger partial charge in [-0.3, -0.25) is 20.2 Å². The van der Waals surface area contributed by atoms with Crippen molar-refractivity contribution in [3.05, 3.63) is 35.8 Å². The van der Waals surface area contributed by atoms with Gasteiger partial charge >= 0.3 is 0 Å². The molecule has 0 unspecified atom stereocenters. The van der Waals surface area contributed by atoms with E-state index in [9.17, 15) is 4.79 Å². The fraction of sp³-hybridized carbons (Fsp3) is 0.286. The monoisotopic (exact) mass is 301 g/mol. The molecule has 1 amide bonds. The molecule has 0 spiro atoms. The number of carbonyl (C=O) groups is 1. The number of hydrogen-bond donors (Lipinski definition) is 2. The molecule has 0 saturated heterocycles. The Morgan fingerprint density at radius 1 is 1.29 bits per heavy atom. The maximum atomic E-state index is 12.1. The van der Waals surface area contributed by atoms with Crippen molar-refractivity contribution >= 4 is 32.7 Å². The van der Waals surface area contributed by atoms with E-state index in [4.69, 9.17) is 0 Å². The number of rotatable bonds is 2. The summed E-state index contributed by atoms with van der Waals surface area (Å²) < 4.78 is 0.979. The van der Waals surface area contributed by atoms with Crippen LogP contribution >= 0.6 is 11.3 Å². The van der Waals surface area contributed by atoms with Gasteiger partial charge < -0.3 is 0 Å². The topological polar surface area (TPSA) is 83.6 Å². The lowest BCUT2D eigenvalue weighted by molar-refractivity contribution is 0.102. The molecule has 21 heavy (non-hydrogen) atoms. The summed E-state index contributed by atoms with van der Waals surface area (Å²) in [6, 6.07) is 3.32. The molecule has 6 nitrogen and oxygen atoms in total. The van der Waals surface area contributed by atoms with Gasteiger partial charge in [-0.15, -0.1) is 0 Å². The number of H-pyrrole nitrogens is 1. The Morgan fingerprint density at radius 3 is 2.67 bits per heavy atom. The number of aromatic amines is 1. The number of aromatic nitrogens is 4. The van der Waals surface area contributed by atoms with Crippen molar-refractivity contribution in [2.45, 2.75) is 26.2 Å². The van der Waals surface area contributed by atoms with Crippen molar-refractivity contribution in [2.75, 3.05) is 5.32 Å². The first-order valence-electron chi connectivity index (χ1n) is 6.52. The lowest BCUT2D eigenvalue weighted by Gasteiger charge is -2.15. The van der Waals surface area contributed by atoms with Gasteiger partial charge in [-0.25, -0.2) is 0 Å². The minimum atomic E-state index is -0.199. The molecule has 0 aliphatic rings. The van der Waals surface area contributed by atoms with Crippen molar-refractivity contribution in [1.82, 2.24) is 20.2 Å². The summed E-state index contributed by atoms with van der Waals surface area (Å²) in [6.45, 7) is 6.32. The number of hydrogen-bond acceptors (Lipinski definition) is 5. The smallest absolute Gasteiger partial charge is 0.257 e. The quantitative estimate of drug-likeness (QED) is 0.762. The lowest BCUT2D eigenvalue weighted by Crippen LogP contribution is -2.12. The Labute approximate surface area is 125 Å². The highest BCUT2D eigenvalue weighted by Gasteiger charge is 2.22. The predicted octanol–water partition coefficient (Wildman–Crippen LogP) is 2.96. The molecule has 108 valence electrons. The SMILES string of the molecule is CC(C)(C)c1[nH]nc2nc(NC(=O)c3ccncc3)sc12. The van der Waals surface area contributed by atoms with Crippen molar-refractivity contribution in [2.24, 2.45) is 0 Å². The summed E-state index contributed by atoms with van der Waals surface area (Å²) in [5, 5.41) is 10.6. The van der Waals surface area contributed by atoms with Crippen LogP contribution in [0, 0.1) is 0 Å². The Balaban J connectivity index is 1.89. The van der Waals surface area contributed by atoms with E-state index in [0.717, 1.165) is 10.4 Å². The van der Waals surface area contributed by atoms with E-state index in [-0.39, 0.29) is 11.3 Å².